The van der Waals surface area contributed by atoms with Crippen LogP contribution in [0.5, 0.6) is 0 Å². The van der Waals surface area contributed by atoms with Crippen molar-refractivity contribution in [2.24, 2.45) is 10.9 Å². The highest BCUT2D eigenvalue weighted by Gasteiger charge is 2.30. The number of carbonyl (C=O) groups excluding carboxylic acids is 1. The Labute approximate surface area is 120 Å². The molecule has 1 aromatic carbocycles. The van der Waals surface area contributed by atoms with Gasteiger partial charge in [0.05, 0.1) is 17.3 Å². The SMILES string of the molecule is CCNC(=O)C(C#N)C=Nc1cc(C(F)(F)F)ccc1C. The van der Waals surface area contributed by atoms with E-state index < -0.39 is 23.6 Å². The largest absolute Gasteiger partial charge is 0.416 e. The molecule has 112 valence electrons. The normalized spacial score (nSPS) is 13.0. The van der Waals surface area contributed by atoms with Gasteiger partial charge in [0.15, 0.2) is 5.92 Å². The average Bonchev–Trinajstić information content (AvgIpc) is 2.40. The van der Waals surface area contributed by atoms with Gasteiger partial charge in [-0.2, -0.15) is 18.4 Å². The summed E-state index contributed by atoms with van der Waals surface area (Å²) in [7, 11) is 0. The number of carbonyl (C=O) groups is 1. The zero-order valence-corrected chi connectivity index (χ0v) is 11.5. The second kappa shape index (κ2) is 6.88. The monoisotopic (exact) mass is 297 g/mol. The van der Waals surface area contributed by atoms with Crippen LogP contribution >= 0.6 is 0 Å². The fourth-order valence-corrected chi connectivity index (χ4v) is 1.52. The van der Waals surface area contributed by atoms with Crippen LogP contribution in [-0.4, -0.2) is 18.7 Å². The minimum Gasteiger partial charge on any atom is -0.355 e. The third kappa shape index (κ3) is 4.60. The van der Waals surface area contributed by atoms with Crippen LogP contribution in [0.1, 0.15) is 18.1 Å². The number of aryl methyl sites for hydroxylation is 1. The van der Waals surface area contributed by atoms with Crippen LogP contribution in [0.15, 0.2) is 23.2 Å². The summed E-state index contributed by atoms with van der Waals surface area (Å²) in [5.74, 6) is -1.67. The van der Waals surface area contributed by atoms with Gasteiger partial charge in [0.1, 0.15) is 0 Å². The zero-order valence-electron chi connectivity index (χ0n) is 11.5. The van der Waals surface area contributed by atoms with Gasteiger partial charge in [0, 0.05) is 12.8 Å². The molecule has 1 aromatic rings. The van der Waals surface area contributed by atoms with Crippen LogP contribution in [0.3, 0.4) is 0 Å². The van der Waals surface area contributed by atoms with Crippen LogP contribution in [0.4, 0.5) is 18.9 Å². The number of hydrogen-bond donors (Lipinski definition) is 1. The molecule has 0 saturated heterocycles. The summed E-state index contributed by atoms with van der Waals surface area (Å²) in [5.41, 5.74) is -0.229. The van der Waals surface area contributed by atoms with Gasteiger partial charge in [-0.3, -0.25) is 9.79 Å². The van der Waals surface area contributed by atoms with Crippen LogP contribution in [0.25, 0.3) is 0 Å². The number of aliphatic imine (C=N–C) groups is 1. The Bertz CT molecular complexity index is 588. The molecule has 0 spiro atoms. The molecule has 21 heavy (non-hydrogen) atoms. The van der Waals surface area contributed by atoms with Crippen molar-refractivity contribution in [1.29, 1.82) is 5.26 Å². The summed E-state index contributed by atoms with van der Waals surface area (Å²) < 4.78 is 37.9. The number of nitrogens with one attached hydrogen (secondary N) is 1. The van der Waals surface area contributed by atoms with Gasteiger partial charge in [-0.25, -0.2) is 0 Å². The molecule has 1 N–H and O–H groups in total. The molecule has 1 unspecified atom stereocenters. The Hall–Kier alpha value is -2.36. The quantitative estimate of drug-likeness (QED) is 0.868. The van der Waals surface area contributed by atoms with E-state index in [9.17, 15) is 18.0 Å². The minimum absolute atomic E-state index is 0.0781. The van der Waals surface area contributed by atoms with Gasteiger partial charge >= 0.3 is 6.18 Å². The highest BCUT2D eigenvalue weighted by atomic mass is 19.4. The number of amides is 1. The Morgan fingerprint density at radius 1 is 1.52 bits per heavy atom. The number of halogens is 3. The topological polar surface area (TPSA) is 65.2 Å². The molecule has 0 heterocycles. The van der Waals surface area contributed by atoms with Crippen LogP contribution in [0, 0.1) is 24.2 Å². The molecule has 0 radical (unpaired) electrons. The van der Waals surface area contributed by atoms with Crippen molar-refractivity contribution >= 4 is 17.8 Å². The number of rotatable bonds is 4. The van der Waals surface area contributed by atoms with Crippen molar-refractivity contribution in [3.63, 3.8) is 0 Å². The van der Waals surface area contributed by atoms with Crippen molar-refractivity contribution in [3.05, 3.63) is 29.3 Å². The summed E-state index contributed by atoms with van der Waals surface area (Å²) in [5, 5.41) is 11.3. The first-order chi connectivity index (χ1) is 9.79. The Balaban J connectivity index is 3.04. The molecule has 4 nitrogen and oxygen atoms in total. The average molecular weight is 297 g/mol. The smallest absolute Gasteiger partial charge is 0.355 e. The third-order valence-corrected chi connectivity index (χ3v) is 2.67. The molecule has 1 amide bonds. The first-order valence-corrected chi connectivity index (χ1v) is 6.19. The number of nitriles is 1. The van der Waals surface area contributed by atoms with Crippen LogP contribution in [-0.2, 0) is 11.0 Å². The molecule has 0 fully saturated rings. The Morgan fingerprint density at radius 2 is 2.19 bits per heavy atom. The molecule has 0 saturated carbocycles. The molecule has 7 heteroatoms. The van der Waals surface area contributed by atoms with Gasteiger partial charge in [-0.05, 0) is 31.5 Å². The van der Waals surface area contributed by atoms with Gasteiger partial charge in [-0.1, -0.05) is 6.07 Å². The van der Waals surface area contributed by atoms with E-state index in [1.54, 1.807) is 19.9 Å². The van der Waals surface area contributed by atoms with E-state index in [0.717, 1.165) is 18.3 Å². The standard InChI is InChI=1S/C14H14F3N3O/c1-3-19-13(21)10(7-18)8-20-12-6-11(14(15,16)17)5-4-9(12)2/h4-6,8,10H,3H2,1-2H3,(H,19,21). The van der Waals surface area contributed by atoms with E-state index in [1.165, 1.54) is 6.07 Å². The molecule has 0 aromatic heterocycles. The minimum atomic E-state index is -4.47. The van der Waals surface area contributed by atoms with E-state index in [0.29, 0.717) is 12.1 Å². The maximum Gasteiger partial charge on any atom is 0.416 e. The van der Waals surface area contributed by atoms with Crippen molar-refractivity contribution in [1.82, 2.24) is 5.32 Å². The number of hydrogen-bond acceptors (Lipinski definition) is 3. The maximum absolute atomic E-state index is 12.6. The molecular weight excluding hydrogens is 283 g/mol. The van der Waals surface area contributed by atoms with Gasteiger partial charge in [-0.15, -0.1) is 0 Å². The van der Waals surface area contributed by atoms with Gasteiger partial charge < -0.3 is 5.32 Å². The van der Waals surface area contributed by atoms with Gasteiger partial charge in [0.2, 0.25) is 5.91 Å². The van der Waals surface area contributed by atoms with E-state index in [4.69, 9.17) is 5.26 Å². The summed E-state index contributed by atoms with van der Waals surface area (Å²) in [6.45, 7) is 3.65. The van der Waals surface area contributed by atoms with Crippen LogP contribution < -0.4 is 5.32 Å². The lowest BCUT2D eigenvalue weighted by molar-refractivity contribution is -0.137. The van der Waals surface area contributed by atoms with E-state index in [1.807, 2.05) is 0 Å². The van der Waals surface area contributed by atoms with E-state index >= 15 is 0 Å². The predicted molar refractivity (Wildman–Crippen MR) is 72.1 cm³/mol. The van der Waals surface area contributed by atoms with Crippen molar-refractivity contribution in [3.8, 4) is 6.07 Å². The molecule has 1 atom stereocenters. The van der Waals surface area contributed by atoms with Crippen molar-refractivity contribution in [2.75, 3.05) is 6.54 Å². The van der Waals surface area contributed by atoms with Gasteiger partial charge in [0.25, 0.3) is 0 Å². The highest BCUT2D eigenvalue weighted by molar-refractivity contribution is 5.96. The van der Waals surface area contributed by atoms with E-state index in [-0.39, 0.29) is 5.69 Å². The molecule has 1 rings (SSSR count). The van der Waals surface area contributed by atoms with Crippen LogP contribution in [0.2, 0.25) is 0 Å². The summed E-state index contributed by atoms with van der Waals surface area (Å²) in [4.78, 5) is 15.3. The second-order valence-corrected chi connectivity index (χ2v) is 4.28. The molecule has 0 aliphatic carbocycles. The third-order valence-electron chi connectivity index (χ3n) is 2.67. The molecular formula is C14H14F3N3O. The number of benzene rings is 1. The lowest BCUT2D eigenvalue weighted by Crippen LogP contribution is -2.30. The lowest BCUT2D eigenvalue weighted by Gasteiger charge is -2.09. The summed E-state index contributed by atoms with van der Waals surface area (Å²) >= 11 is 0. The lowest BCUT2D eigenvalue weighted by atomic mass is 10.1. The maximum atomic E-state index is 12.6. The Morgan fingerprint density at radius 3 is 2.71 bits per heavy atom. The second-order valence-electron chi connectivity index (χ2n) is 4.28. The fourth-order valence-electron chi connectivity index (χ4n) is 1.52. The number of alkyl halides is 3. The fraction of sp³-hybridized carbons (Fsp3) is 0.357. The zero-order chi connectivity index (χ0) is 16.0. The number of nitrogens with zero attached hydrogens (tertiary/aromatic N) is 2. The Kier molecular flexibility index (Phi) is 5.47. The first-order valence-electron chi connectivity index (χ1n) is 6.19. The van der Waals surface area contributed by atoms with Crippen molar-refractivity contribution in [2.45, 2.75) is 20.0 Å². The molecule has 0 bridgehead atoms. The molecule has 0 aliphatic heterocycles. The summed E-state index contributed by atoms with van der Waals surface area (Å²) in [6.07, 6.45) is -3.42. The summed E-state index contributed by atoms with van der Waals surface area (Å²) in [6, 6.07) is 4.88. The first kappa shape index (κ1) is 16.7. The highest BCUT2D eigenvalue weighted by Crippen LogP contribution is 2.32. The van der Waals surface area contributed by atoms with E-state index in [2.05, 4.69) is 10.3 Å². The van der Waals surface area contributed by atoms with Crippen molar-refractivity contribution < 1.29 is 18.0 Å². The predicted octanol–water partition coefficient (Wildman–Crippen LogP) is 2.99. The molecule has 0 aliphatic rings.